The first kappa shape index (κ1) is 14.3. The number of hydrogen-bond acceptors (Lipinski definition) is 5. The molecule has 0 aromatic carbocycles. The minimum atomic E-state index is 0.0448. The normalized spacial score (nSPS) is 19.0. The molecule has 0 unspecified atom stereocenters. The molecule has 0 spiro atoms. The van der Waals surface area contributed by atoms with E-state index in [-0.39, 0.29) is 11.9 Å². The second-order valence-corrected chi connectivity index (χ2v) is 6.56. The van der Waals surface area contributed by atoms with Crippen molar-refractivity contribution in [3.63, 3.8) is 0 Å². The van der Waals surface area contributed by atoms with E-state index in [2.05, 4.69) is 10.1 Å². The van der Waals surface area contributed by atoms with E-state index in [0.29, 0.717) is 6.42 Å². The number of thiazole rings is 1. The molecule has 0 aliphatic carbocycles. The van der Waals surface area contributed by atoms with Crippen LogP contribution < -0.4 is 0 Å². The van der Waals surface area contributed by atoms with Crippen molar-refractivity contribution >= 4 is 17.2 Å². The van der Waals surface area contributed by atoms with Gasteiger partial charge < -0.3 is 9.42 Å². The summed E-state index contributed by atoms with van der Waals surface area (Å²) in [5, 5.41) is 7.07. The number of nitrogens with zero attached hydrogens (tertiary/aromatic N) is 3. The molecule has 21 heavy (non-hydrogen) atoms. The van der Waals surface area contributed by atoms with E-state index in [4.69, 9.17) is 4.52 Å². The van der Waals surface area contributed by atoms with E-state index >= 15 is 0 Å². The van der Waals surface area contributed by atoms with Crippen molar-refractivity contribution in [3.05, 3.63) is 33.6 Å². The van der Waals surface area contributed by atoms with Crippen LogP contribution in [0, 0.1) is 13.8 Å². The lowest BCUT2D eigenvalue weighted by Crippen LogP contribution is -2.39. The van der Waals surface area contributed by atoms with Crippen molar-refractivity contribution in [2.45, 2.75) is 45.6 Å². The molecule has 0 N–H and O–H groups in total. The van der Waals surface area contributed by atoms with Crippen LogP contribution in [0.4, 0.5) is 0 Å². The molecular formula is C15H19N3O2S. The third kappa shape index (κ3) is 3.15. The number of amides is 1. The molecule has 1 atom stereocenters. The Kier molecular flexibility index (Phi) is 4.05. The second-order valence-electron chi connectivity index (χ2n) is 5.50. The lowest BCUT2D eigenvalue weighted by molar-refractivity contribution is -0.134. The Morgan fingerprint density at radius 2 is 2.33 bits per heavy atom. The molecule has 0 radical (unpaired) electrons. The first-order valence-electron chi connectivity index (χ1n) is 7.27. The summed E-state index contributed by atoms with van der Waals surface area (Å²) in [5.41, 5.74) is 1.73. The number of likely N-dealkylation sites (tertiary alicyclic amines) is 1. The summed E-state index contributed by atoms with van der Waals surface area (Å²) in [5.74, 6) is 0.920. The molecule has 1 aliphatic heterocycles. The fraction of sp³-hybridized carbons (Fsp3) is 0.533. The molecular weight excluding hydrogens is 286 g/mol. The van der Waals surface area contributed by atoms with E-state index in [1.807, 2.05) is 30.2 Å². The number of aromatic nitrogens is 2. The maximum atomic E-state index is 12.6. The van der Waals surface area contributed by atoms with Gasteiger partial charge in [0.25, 0.3) is 0 Å². The smallest absolute Gasteiger partial charge is 0.229 e. The second kappa shape index (κ2) is 5.97. The monoisotopic (exact) mass is 305 g/mol. The van der Waals surface area contributed by atoms with Gasteiger partial charge in [0.1, 0.15) is 11.5 Å². The molecule has 6 heteroatoms. The maximum Gasteiger partial charge on any atom is 0.229 e. The molecule has 0 bridgehead atoms. The largest absolute Gasteiger partial charge is 0.361 e. The van der Waals surface area contributed by atoms with Gasteiger partial charge in [0.05, 0.1) is 23.2 Å². The number of carbonyl (C=O) groups excluding carboxylic acids is 1. The van der Waals surface area contributed by atoms with Gasteiger partial charge >= 0.3 is 0 Å². The minimum absolute atomic E-state index is 0.0448. The van der Waals surface area contributed by atoms with Crippen molar-refractivity contribution in [2.75, 3.05) is 6.54 Å². The lowest BCUT2D eigenvalue weighted by atomic mass is 9.98. The third-order valence-electron chi connectivity index (χ3n) is 3.81. The van der Waals surface area contributed by atoms with Crippen molar-refractivity contribution in [2.24, 2.45) is 0 Å². The van der Waals surface area contributed by atoms with Crippen molar-refractivity contribution in [3.8, 4) is 0 Å². The number of rotatable bonds is 3. The summed E-state index contributed by atoms with van der Waals surface area (Å²) < 4.78 is 5.17. The van der Waals surface area contributed by atoms with Crippen LogP contribution in [0.2, 0.25) is 0 Å². The fourth-order valence-corrected chi connectivity index (χ4v) is 3.44. The van der Waals surface area contributed by atoms with Gasteiger partial charge in [-0.05, 0) is 33.1 Å². The van der Waals surface area contributed by atoms with Crippen LogP contribution in [0.3, 0.4) is 0 Å². The Balaban J connectivity index is 1.75. The zero-order valence-electron chi connectivity index (χ0n) is 12.3. The topological polar surface area (TPSA) is 59.2 Å². The summed E-state index contributed by atoms with van der Waals surface area (Å²) in [7, 11) is 0. The molecule has 1 fully saturated rings. The molecule has 112 valence electrons. The molecule has 3 rings (SSSR count). The maximum absolute atomic E-state index is 12.6. The summed E-state index contributed by atoms with van der Waals surface area (Å²) in [6.45, 7) is 4.63. The molecule has 1 amide bonds. The van der Waals surface area contributed by atoms with Gasteiger partial charge in [0.15, 0.2) is 0 Å². The van der Waals surface area contributed by atoms with E-state index in [1.54, 1.807) is 11.3 Å². The van der Waals surface area contributed by atoms with Crippen LogP contribution in [-0.2, 0) is 11.2 Å². The standard InChI is InChI=1S/C15H19N3O2S/c1-10-7-13(17-20-10)14-5-3-4-6-18(14)15(19)8-12-9-21-11(2)16-12/h7,9,14H,3-6,8H2,1-2H3/t14-/m1/s1. The number of hydrogen-bond donors (Lipinski definition) is 0. The Bertz CT molecular complexity index is 634. The molecule has 2 aromatic rings. The van der Waals surface area contributed by atoms with Crippen LogP contribution in [0.25, 0.3) is 0 Å². The Morgan fingerprint density at radius 1 is 1.48 bits per heavy atom. The van der Waals surface area contributed by atoms with Crippen LogP contribution in [-0.4, -0.2) is 27.5 Å². The third-order valence-corrected chi connectivity index (χ3v) is 4.63. The highest BCUT2D eigenvalue weighted by molar-refractivity contribution is 7.09. The average Bonchev–Trinajstić information content (AvgIpc) is 3.07. The molecule has 0 saturated carbocycles. The highest BCUT2D eigenvalue weighted by atomic mass is 32.1. The van der Waals surface area contributed by atoms with E-state index < -0.39 is 0 Å². The molecule has 3 heterocycles. The Hall–Kier alpha value is -1.69. The van der Waals surface area contributed by atoms with Crippen LogP contribution in [0.5, 0.6) is 0 Å². The number of carbonyl (C=O) groups is 1. The van der Waals surface area contributed by atoms with E-state index in [0.717, 1.165) is 48.0 Å². The first-order chi connectivity index (χ1) is 10.1. The highest BCUT2D eigenvalue weighted by Crippen LogP contribution is 2.31. The van der Waals surface area contributed by atoms with Crippen molar-refractivity contribution < 1.29 is 9.32 Å². The SMILES string of the molecule is Cc1cc([C@H]2CCCCN2C(=O)Cc2csc(C)n2)no1. The zero-order chi connectivity index (χ0) is 14.8. The number of piperidine rings is 1. The van der Waals surface area contributed by atoms with Gasteiger partial charge in [0, 0.05) is 18.0 Å². The van der Waals surface area contributed by atoms with Crippen LogP contribution in [0.15, 0.2) is 16.0 Å². The predicted molar refractivity (Wildman–Crippen MR) is 80.1 cm³/mol. The lowest BCUT2D eigenvalue weighted by Gasteiger charge is -2.34. The van der Waals surface area contributed by atoms with Gasteiger partial charge in [-0.25, -0.2) is 4.98 Å². The molecule has 5 nitrogen and oxygen atoms in total. The van der Waals surface area contributed by atoms with Crippen LogP contribution in [0.1, 0.15) is 47.5 Å². The van der Waals surface area contributed by atoms with Gasteiger partial charge in [-0.1, -0.05) is 5.16 Å². The van der Waals surface area contributed by atoms with Gasteiger partial charge in [-0.15, -0.1) is 11.3 Å². The van der Waals surface area contributed by atoms with Crippen molar-refractivity contribution in [1.82, 2.24) is 15.0 Å². The molecule has 1 saturated heterocycles. The predicted octanol–water partition coefficient (Wildman–Crippen LogP) is 3.04. The molecule has 1 aliphatic rings. The quantitative estimate of drug-likeness (QED) is 0.874. The summed E-state index contributed by atoms with van der Waals surface area (Å²) in [6.07, 6.45) is 3.50. The summed E-state index contributed by atoms with van der Waals surface area (Å²) in [4.78, 5) is 18.9. The van der Waals surface area contributed by atoms with Crippen LogP contribution >= 0.6 is 11.3 Å². The fourth-order valence-electron chi connectivity index (χ4n) is 2.83. The zero-order valence-corrected chi connectivity index (χ0v) is 13.2. The number of aryl methyl sites for hydroxylation is 2. The Labute approximate surface area is 128 Å². The first-order valence-corrected chi connectivity index (χ1v) is 8.15. The van der Waals surface area contributed by atoms with Gasteiger partial charge in [-0.2, -0.15) is 0 Å². The summed E-state index contributed by atoms with van der Waals surface area (Å²) in [6, 6.07) is 1.98. The van der Waals surface area contributed by atoms with Crippen molar-refractivity contribution in [1.29, 1.82) is 0 Å². The van der Waals surface area contributed by atoms with E-state index in [1.165, 1.54) is 0 Å². The molecule has 2 aromatic heterocycles. The summed E-state index contributed by atoms with van der Waals surface area (Å²) >= 11 is 1.58. The van der Waals surface area contributed by atoms with E-state index in [9.17, 15) is 4.79 Å². The highest BCUT2D eigenvalue weighted by Gasteiger charge is 2.30. The van der Waals surface area contributed by atoms with Gasteiger partial charge in [-0.3, -0.25) is 4.79 Å². The van der Waals surface area contributed by atoms with Gasteiger partial charge in [0.2, 0.25) is 5.91 Å². The Morgan fingerprint density at radius 3 is 3.00 bits per heavy atom. The minimum Gasteiger partial charge on any atom is -0.361 e. The average molecular weight is 305 g/mol.